The van der Waals surface area contributed by atoms with Crippen molar-refractivity contribution in [1.82, 2.24) is 4.31 Å². The van der Waals surface area contributed by atoms with Crippen molar-refractivity contribution in [3.05, 3.63) is 61.5 Å². The van der Waals surface area contributed by atoms with Gasteiger partial charge in [0.1, 0.15) is 4.90 Å². The Hall–Kier alpha value is -1.55. The second-order valence-corrected chi connectivity index (χ2v) is 10.3. The van der Waals surface area contributed by atoms with E-state index in [1.54, 1.807) is 6.07 Å². The first kappa shape index (κ1) is 24.1. The average Bonchev–Trinajstić information content (AvgIpc) is 2.72. The summed E-state index contributed by atoms with van der Waals surface area (Å²) in [6.07, 6.45) is 2.45. The van der Waals surface area contributed by atoms with E-state index in [9.17, 15) is 13.2 Å². The normalized spacial score (nSPS) is 15.7. The molecule has 1 fully saturated rings. The topological polar surface area (TPSA) is 102 Å². The second-order valence-electron chi connectivity index (χ2n) is 6.71. The molecule has 1 heterocycles. The number of carbonyl (C=O) groups excluding carboxylic acids is 1. The molecular formula is C19H17Cl4N3O4S. The van der Waals surface area contributed by atoms with E-state index in [0.717, 1.165) is 25.3 Å². The van der Waals surface area contributed by atoms with Crippen LogP contribution >= 0.6 is 46.4 Å². The first-order chi connectivity index (χ1) is 14.6. The first-order valence-electron chi connectivity index (χ1n) is 9.10. The lowest BCUT2D eigenvalue weighted by Crippen LogP contribution is -2.35. The minimum atomic E-state index is -3.90. The SMILES string of the molecule is N/C(=N\OC(=O)c1cc(S(=O)(=O)N2CCCCC2)c(Cl)cc1Cl)c1ccc(Cl)cc1Cl. The van der Waals surface area contributed by atoms with Gasteiger partial charge in [0.2, 0.25) is 10.0 Å². The Morgan fingerprint density at radius 2 is 1.58 bits per heavy atom. The quantitative estimate of drug-likeness (QED) is 0.258. The smallest absolute Gasteiger partial charge is 0.367 e. The van der Waals surface area contributed by atoms with Gasteiger partial charge in [0.05, 0.1) is 20.6 Å². The lowest BCUT2D eigenvalue weighted by Gasteiger charge is -2.26. The molecule has 1 aliphatic heterocycles. The van der Waals surface area contributed by atoms with Gasteiger partial charge < -0.3 is 10.6 Å². The van der Waals surface area contributed by atoms with Gasteiger partial charge in [-0.3, -0.25) is 0 Å². The molecule has 3 rings (SSSR count). The Bertz CT molecular complexity index is 1150. The Kier molecular flexibility index (Phi) is 7.72. The standard InChI is InChI=1S/C19H17Cl4N3O4S/c20-11-4-5-12(14(21)8-11)18(24)25-30-19(27)13-9-17(16(23)10-15(13)22)31(28,29)26-6-2-1-3-7-26/h4-5,8-10H,1-3,6-7H2,(H2,24,25). The molecular weight excluding hydrogens is 508 g/mol. The van der Waals surface area contributed by atoms with Gasteiger partial charge in [0.15, 0.2) is 5.84 Å². The fourth-order valence-corrected chi connectivity index (χ4v) is 5.86. The molecule has 12 heteroatoms. The van der Waals surface area contributed by atoms with E-state index in [1.165, 1.54) is 22.5 Å². The number of nitrogens with zero attached hydrogens (tertiary/aromatic N) is 2. The summed E-state index contributed by atoms with van der Waals surface area (Å²) in [6, 6.07) is 6.77. The van der Waals surface area contributed by atoms with Gasteiger partial charge in [-0.05, 0) is 43.2 Å². The molecule has 0 aliphatic carbocycles. The van der Waals surface area contributed by atoms with Crippen LogP contribution in [0.4, 0.5) is 0 Å². The van der Waals surface area contributed by atoms with Crippen molar-refractivity contribution >= 4 is 68.2 Å². The molecule has 31 heavy (non-hydrogen) atoms. The number of hydrogen-bond acceptors (Lipinski definition) is 5. The van der Waals surface area contributed by atoms with E-state index in [0.29, 0.717) is 23.7 Å². The molecule has 0 bridgehead atoms. The van der Waals surface area contributed by atoms with Crippen LogP contribution in [0.15, 0.2) is 40.4 Å². The third kappa shape index (κ3) is 5.45. The van der Waals surface area contributed by atoms with Crippen LogP contribution in [0.2, 0.25) is 20.1 Å². The van der Waals surface area contributed by atoms with E-state index in [4.69, 9.17) is 57.0 Å². The van der Waals surface area contributed by atoms with Crippen molar-refractivity contribution in [2.24, 2.45) is 10.9 Å². The maximum atomic E-state index is 13.0. The number of oxime groups is 1. The third-order valence-corrected chi connectivity index (χ3v) is 7.83. The van der Waals surface area contributed by atoms with Gasteiger partial charge >= 0.3 is 5.97 Å². The van der Waals surface area contributed by atoms with Crippen LogP contribution in [0.1, 0.15) is 35.2 Å². The minimum Gasteiger partial charge on any atom is -0.380 e. The molecule has 2 N–H and O–H groups in total. The molecule has 0 unspecified atom stereocenters. The van der Waals surface area contributed by atoms with Gasteiger partial charge in [-0.15, -0.1) is 0 Å². The van der Waals surface area contributed by atoms with Crippen molar-refractivity contribution < 1.29 is 18.0 Å². The Morgan fingerprint density at radius 1 is 0.935 bits per heavy atom. The number of hydrogen-bond donors (Lipinski definition) is 1. The third-order valence-electron chi connectivity index (χ3n) is 4.61. The zero-order chi connectivity index (χ0) is 22.8. The largest absolute Gasteiger partial charge is 0.380 e. The lowest BCUT2D eigenvalue weighted by atomic mass is 10.2. The zero-order valence-electron chi connectivity index (χ0n) is 15.9. The number of sulfonamides is 1. The highest BCUT2D eigenvalue weighted by molar-refractivity contribution is 7.89. The number of nitrogens with two attached hydrogens (primary N) is 1. The molecule has 7 nitrogen and oxygen atoms in total. The number of amidine groups is 1. The maximum absolute atomic E-state index is 13.0. The van der Waals surface area contributed by atoms with E-state index in [1.807, 2.05) is 0 Å². The van der Waals surface area contributed by atoms with Crippen molar-refractivity contribution in [2.75, 3.05) is 13.1 Å². The highest BCUT2D eigenvalue weighted by atomic mass is 35.5. The van der Waals surface area contributed by atoms with E-state index in [-0.39, 0.29) is 31.4 Å². The molecule has 1 saturated heterocycles. The van der Waals surface area contributed by atoms with E-state index < -0.39 is 16.0 Å². The van der Waals surface area contributed by atoms with Gasteiger partial charge in [-0.25, -0.2) is 13.2 Å². The average molecular weight is 525 g/mol. The highest BCUT2D eigenvalue weighted by Gasteiger charge is 2.30. The Morgan fingerprint density at radius 3 is 2.23 bits per heavy atom. The number of piperidine rings is 1. The number of benzene rings is 2. The molecule has 0 amide bonds. The van der Waals surface area contributed by atoms with E-state index in [2.05, 4.69) is 5.16 Å². The van der Waals surface area contributed by atoms with Crippen LogP contribution in [-0.2, 0) is 14.9 Å². The summed E-state index contributed by atoms with van der Waals surface area (Å²) in [5, 5.41) is 4.00. The van der Waals surface area contributed by atoms with Crippen LogP contribution in [0.3, 0.4) is 0 Å². The van der Waals surface area contributed by atoms with Crippen LogP contribution < -0.4 is 5.73 Å². The number of halogens is 4. The van der Waals surface area contributed by atoms with Gasteiger partial charge in [0, 0.05) is 23.7 Å². The van der Waals surface area contributed by atoms with Crippen molar-refractivity contribution in [2.45, 2.75) is 24.2 Å². The number of carbonyl (C=O) groups is 1. The fraction of sp³-hybridized carbons (Fsp3) is 0.263. The number of rotatable bonds is 5. The van der Waals surface area contributed by atoms with Crippen molar-refractivity contribution in [3.63, 3.8) is 0 Å². The fourth-order valence-electron chi connectivity index (χ4n) is 3.01. The van der Waals surface area contributed by atoms with Crippen LogP contribution in [0.25, 0.3) is 0 Å². The maximum Gasteiger partial charge on any atom is 0.367 e. The van der Waals surface area contributed by atoms with Crippen molar-refractivity contribution in [1.29, 1.82) is 0 Å². The van der Waals surface area contributed by atoms with E-state index >= 15 is 0 Å². The molecule has 0 aromatic heterocycles. The molecule has 0 spiro atoms. The summed E-state index contributed by atoms with van der Waals surface area (Å²) < 4.78 is 27.3. The van der Waals surface area contributed by atoms with Crippen LogP contribution in [0, 0.1) is 0 Å². The zero-order valence-corrected chi connectivity index (χ0v) is 19.8. The second kappa shape index (κ2) is 9.94. The van der Waals surface area contributed by atoms with Gasteiger partial charge in [0.25, 0.3) is 0 Å². The molecule has 2 aromatic carbocycles. The van der Waals surface area contributed by atoms with Crippen LogP contribution in [-0.4, -0.2) is 37.6 Å². The predicted molar refractivity (Wildman–Crippen MR) is 122 cm³/mol. The Balaban J connectivity index is 1.88. The summed E-state index contributed by atoms with van der Waals surface area (Å²) in [4.78, 5) is 17.2. The summed E-state index contributed by atoms with van der Waals surface area (Å²) >= 11 is 24.1. The summed E-state index contributed by atoms with van der Waals surface area (Å²) in [7, 11) is -3.90. The van der Waals surface area contributed by atoms with Gasteiger partial charge in [-0.2, -0.15) is 4.31 Å². The highest BCUT2D eigenvalue weighted by Crippen LogP contribution is 2.32. The predicted octanol–water partition coefficient (Wildman–Crippen LogP) is 4.95. The van der Waals surface area contributed by atoms with Crippen LogP contribution in [0.5, 0.6) is 0 Å². The molecule has 1 aliphatic rings. The first-order valence-corrected chi connectivity index (χ1v) is 12.1. The monoisotopic (exact) mass is 523 g/mol. The molecule has 0 radical (unpaired) electrons. The minimum absolute atomic E-state index is 0.0918. The molecule has 0 saturated carbocycles. The van der Waals surface area contributed by atoms with Gasteiger partial charge in [-0.1, -0.05) is 58.0 Å². The summed E-state index contributed by atoms with van der Waals surface area (Å²) in [5.41, 5.74) is 5.90. The molecule has 0 atom stereocenters. The molecule has 2 aromatic rings. The summed E-state index contributed by atoms with van der Waals surface area (Å²) in [6.45, 7) is 0.757. The Labute approximate surface area is 199 Å². The summed E-state index contributed by atoms with van der Waals surface area (Å²) in [5.74, 6) is -1.19. The van der Waals surface area contributed by atoms with Crippen molar-refractivity contribution in [3.8, 4) is 0 Å². The molecule has 166 valence electrons. The lowest BCUT2D eigenvalue weighted by molar-refractivity contribution is 0.0516.